The molecule has 0 atom stereocenters. The van der Waals surface area contributed by atoms with Gasteiger partial charge in [0.05, 0.1) is 29.3 Å². The van der Waals surface area contributed by atoms with Crippen LogP contribution in [-0.2, 0) is 24.8 Å². The van der Waals surface area contributed by atoms with Crippen LogP contribution in [0, 0.1) is 12.8 Å². The smallest absolute Gasteiger partial charge is 0.219 e. The summed E-state index contributed by atoms with van der Waals surface area (Å²) in [7, 11) is 2.05. The van der Waals surface area contributed by atoms with Crippen LogP contribution in [0.25, 0.3) is 11.0 Å². The first kappa shape index (κ1) is 20.8. The number of fused-ring (bicyclic) bond motifs is 1. The van der Waals surface area contributed by atoms with Gasteiger partial charge in [0, 0.05) is 31.8 Å². The van der Waals surface area contributed by atoms with E-state index in [0.717, 1.165) is 47.9 Å². The molecule has 32 heavy (non-hydrogen) atoms. The number of pyridine rings is 1. The van der Waals surface area contributed by atoms with Gasteiger partial charge in [-0.1, -0.05) is 23.7 Å². The Labute approximate surface area is 192 Å². The lowest BCUT2D eigenvalue weighted by Crippen LogP contribution is -2.29. The maximum atomic E-state index is 5.88. The zero-order valence-electron chi connectivity index (χ0n) is 18.1. The Hall–Kier alpha value is -3.09. The molecule has 2 aromatic carbocycles. The van der Waals surface area contributed by atoms with Crippen LogP contribution in [0.4, 0.5) is 5.95 Å². The SMILES string of the molecule is Cc1cc(Oc2ccc(Cl)cn2)ccc1CNc1nc2ccc(CC3COC3)cc2n1C. The molecule has 0 unspecified atom stereocenters. The van der Waals surface area contributed by atoms with E-state index in [2.05, 4.69) is 53.1 Å². The summed E-state index contributed by atoms with van der Waals surface area (Å²) >= 11 is 5.88. The fourth-order valence-electron chi connectivity index (χ4n) is 3.90. The lowest BCUT2D eigenvalue weighted by molar-refractivity contribution is -0.0312. The summed E-state index contributed by atoms with van der Waals surface area (Å²) in [5, 5.41) is 4.07. The second kappa shape index (κ2) is 8.81. The van der Waals surface area contributed by atoms with Crippen LogP contribution < -0.4 is 10.1 Å². The molecule has 1 aliphatic rings. The van der Waals surface area contributed by atoms with Crippen molar-refractivity contribution >= 4 is 28.6 Å². The Morgan fingerprint density at radius 1 is 1.16 bits per heavy atom. The Morgan fingerprint density at radius 2 is 2.03 bits per heavy atom. The summed E-state index contributed by atoms with van der Waals surface area (Å²) in [5.74, 6) is 2.76. The van der Waals surface area contributed by atoms with Gasteiger partial charge in [0.2, 0.25) is 11.8 Å². The summed E-state index contributed by atoms with van der Waals surface area (Å²) in [6.07, 6.45) is 2.63. The van der Waals surface area contributed by atoms with Crippen molar-refractivity contribution in [2.45, 2.75) is 19.9 Å². The van der Waals surface area contributed by atoms with Crippen LogP contribution in [-0.4, -0.2) is 27.7 Å². The predicted octanol–water partition coefficient (Wildman–Crippen LogP) is 5.52. The predicted molar refractivity (Wildman–Crippen MR) is 127 cm³/mol. The fourth-order valence-corrected chi connectivity index (χ4v) is 4.02. The van der Waals surface area contributed by atoms with Crippen LogP contribution in [0.5, 0.6) is 11.6 Å². The molecule has 0 radical (unpaired) electrons. The molecular weight excluding hydrogens is 424 g/mol. The van der Waals surface area contributed by atoms with Crippen LogP contribution in [0.1, 0.15) is 16.7 Å². The highest BCUT2D eigenvalue weighted by Crippen LogP contribution is 2.26. The molecule has 0 aliphatic carbocycles. The number of aryl methyl sites for hydroxylation is 2. The molecule has 2 aromatic heterocycles. The molecule has 1 N–H and O–H groups in total. The van der Waals surface area contributed by atoms with Gasteiger partial charge in [0.25, 0.3) is 0 Å². The van der Waals surface area contributed by atoms with Gasteiger partial charge in [0.1, 0.15) is 5.75 Å². The van der Waals surface area contributed by atoms with Crippen molar-refractivity contribution in [1.29, 1.82) is 0 Å². The lowest BCUT2D eigenvalue weighted by Gasteiger charge is -2.25. The van der Waals surface area contributed by atoms with Crippen molar-refractivity contribution in [2.24, 2.45) is 13.0 Å². The van der Waals surface area contributed by atoms with Crippen molar-refractivity contribution in [3.63, 3.8) is 0 Å². The van der Waals surface area contributed by atoms with E-state index in [-0.39, 0.29) is 0 Å². The van der Waals surface area contributed by atoms with Gasteiger partial charge in [-0.15, -0.1) is 0 Å². The second-order valence-corrected chi connectivity index (χ2v) is 8.72. The van der Waals surface area contributed by atoms with Crippen LogP contribution in [0.2, 0.25) is 5.02 Å². The minimum Gasteiger partial charge on any atom is -0.439 e. The third kappa shape index (κ3) is 4.42. The third-order valence-corrected chi connectivity index (χ3v) is 6.07. The van der Waals surface area contributed by atoms with E-state index in [0.29, 0.717) is 23.4 Å². The molecule has 5 rings (SSSR count). The number of nitrogens with one attached hydrogen (secondary N) is 1. The summed E-state index contributed by atoms with van der Waals surface area (Å²) < 4.78 is 13.3. The fraction of sp³-hybridized carbons (Fsp3) is 0.280. The summed E-state index contributed by atoms with van der Waals surface area (Å²) in [5.41, 5.74) is 5.79. The van der Waals surface area contributed by atoms with Gasteiger partial charge < -0.3 is 19.4 Å². The number of halogens is 1. The average Bonchev–Trinajstić information content (AvgIpc) is 3.07. The minimum atomic E-state index is 0.517. The maximum Gasteiger partial charge on any atom is 0.219 e. The number of benzene rings is 2. The quantitative estimate of drug-likeness (QED) is 0.403. The first-order chi connectivity index (χ1) is 15.5. The van der Waals surface area contributed by atoms with Gasteiger partial charge in [0.15, 0.2) is 0 Å². The standard InChI is InChI=1S/C25H25ClN4O2/c1-16-9-21(32-24-8-5-20(26)13-27-24)6-4-19(16)12-28-25-29-22-7-3-17(10-18-14-31-15-18)11-23(22)30(25)2/h3-9,11,13,18H,10,12,14-15H2,1-2H3,(H,28,29). The molecule has 0 amide bonds. The molecule has 1 saturated heterocycles. The highest BCUT2D eigenvalue weighted by Gasteiger charge is 2.19. The van der Waals surface area contributed by atoms with Crippen LogP contribution >= 0.6 is 11.6 Å². The Morgan fingerprint density at radius 3 is 2.75 bits per heavy atom. The summed E-state index contributed by atoms with van der Waals surface area (Å²) in [4.78, 5) is 8.95. The van der Waals surface area contributed by atoms with Crippen molar-refractivity contribution in [3.8, 4) is 11.6 Å². The molecule has 0 saturated carbocycles. The molecule has 1 aliphatic heterocycles. The first-order valence-corrected chi connectivity index (χ1v) is 11.1. The van der Waals surface area contributed by atoms with Gasteiger partial charge >= 0.3 is 0 Å². The lowest BCUT2D eigenvalue weighted by atomic mass is 9.98. The molecule has 7 heteroatoms. The number of rotatable bonds is 7. The molecular formula is C25H25ClN4O2. The summed E-state index contributed by atoms with van der Waals surface area (Å²) in [6, 6.07) is 16.1. The zero-order chi connectivity index (χ0) is 22.1. The molecule has 0 bridgehead atoms. The Kier molecular flexibility index (Phi) is 5.72. The van der Waals surface area contributed by atoms with Crippen LogP contribution in [0.3, 0.4) is 0 Å². The number of aromatic nitrogens is 3. The van der Waals surface area contributed by atoms with Gasteiger partial charge in [-0.05, 0) is 60.4 Å². The monoisotopic (exact) mass is 448 g/mol. The topological polar surface area (TPSA) is 61.2 Å². The zero-order valence-corrected chi connectivity index (χ0v) is 18.9. The van der Waals surface area contributed by atoms with Crippen molar-refractivity contribution in [2.75, 3.05) is 18.5 Å². The van der Waals surface area contributed by atoms with E-state index in [4.69, 9.17) is 26.1 Å². The van der Waals surface area contributed by atoms with E-state index in [1.165, 1.54) is 11.1 Å². The second-order valence-electron chi connectivity index (χ2n) is 8.28. The van der Waals surface area contributed by atoms with E-state index < -0.39 is 0 Å². The van der Waals surface area contributed by atoms with Crippen molar-refractivity contribution in [3.05, 3.63) is 76.4 Å². The molecule has 6 nitrogen and oxygen atoms in total. The van der Waals surface area contributed by atoms with Crippen molar-refractivity contribution in [1.82, 2.24) is 14.5 Å². The molecule has 4 aromatic rings. The molecule has 3 heterocycles. The number of hydrogen-bond donors (Lipinski definition) is 1. The first-order valence-electron chi connectivity index (χ1n) is 10.7. The number of hydrogen-bond acceptors (Lipinski definition) is 5. The average molecular weight is 449 g/mol. The van der Waals surface area contributed by atoms with Crippen LogP contribution in [0.15, 0.2) is 54.7 Å². The van der Waals surface area contributed by atoms with Gasteiger partial charge in [-0.3, -0.25) is 0 Å². The Bertz CT molecular complexity index is 1250. The summed E-state index contributed by atoms with van der Waals surface area (Å²) in [6.45, 7) is 4.49. The number of nitrogens with zero attached hydrogens (tertiary/aromatic N) is 3. The van der Waals surface area contributed by atoms with Gasteiger partial charge in [-0.25, -0.2) is 9.97 Å². The van der Waals surface area contributed by atoms with E-state index >= 15 is 0 Å². The maximum absolute atomic E-state index is 5.88. The van der Waals surface area contributed by atoms with E-state index in [1.54, 1.807) is 18.3 Å². The molecule has 1 fully saturated rings. The highest BCUT2D eigenvalue weighted by atomic mass is 35.5. The molecule has 0 spiro atoms. The van der Waals surface area contributed by atoms with Crippen molar-refractivity contribution < 1.29 is 9.47 Å². The molecule has 164 valence electrons. The number of imidazole rings is 1. The minimum absolute atomic E-state index is 0.517. The van der Waals surface area contributed by atoms with Gasteiger partial charge in [-0.2, -0.15) is 0 Å². The largest absolute Gasteiger partial charge is 0.439 e. The third-order valence-electron chi connectivity index (χ3n) is 5.85. The van der Waals surface area contributed by atoms with E-state index in [9.17, 15) is 0 Å². The number of ether oxygens (including phenoxy) is 2. The normalized spacial score (nSPS) is 13.8. The Balaban J connectivity index is 1.27. The highest BCUT2D eigenvalue weighted by molar-refractivity contribution is 6.30. The number of anilines is 1. The van der Waals surface area contributed by atoms with E-state index in [1.807, 2.05) is 12.1 Å².